The number of sulfone groups is 1. The van der Waals surface area contributed by atoms with Crippen molar-refractivity contribution in [2.24, 2.45) is 0 Å². The molecule has 0 saturated carbocycles. The number of aromatic nitrogens is 2. The Morgan fingerprint density at radius 1 is 1.43 bits per heavy atom. The van der Waals surface area contributed by atoms with Gasteiger partial charge in [-0.2, -0.15) is 0 Å². The molecule has 1 heterocycles. The summed E-state index contributed by atoms with van der Waals surface area (Å²) >= 11 is 0. The summed E-state index contributed by atoms with van der Waals surface area (Å²) in [6.45, 7) is 1.56. The smallest absolute Gasteiger partial charge is 0.414 e. The zero-order valence-corrected chi connectivity index (χ0v) is 12.0. The third kappa shape index (κ3) is 3.31. The predicted molar refractivity (Wildman–Crippen MR) is 69.1 cm³/mol. The van der Waals surface area contributed by atoms with Gasteiger partial charge in [-0.25, -0.2) is 8.42 Å². The molecule has 1 unspecified atom stereocenters. The molecule has 1 N–H and O–H groups in total. The van der Waals surface area contributed by atoms with Gasteiger partial charge in [0.1, 0.15) is 0 Å². The number of aliphatic hydroxyl groups excluding tert-OH is 1. The van der Waals surface area contributed by atoms with Gasteiger partial charge in [-0.1, -0.05) is 18.2 Å². The molecule has 1 aromatic heterocycles. The molecule has 114 valence electrons. The van der Waals surface area contributed by atoms with Crippen molar-refractivity contribution in [1.82, 2.24) is 5.16 Å². The molecule has 21 heavy (non-hydrogen) atoms. The molecular weight excluding hydrogens is 300 g/mol. The Bertz CT molecular complexity index is 696. The van der Waals surface area contributed by atoms with E-state index < -0.39 is 26.8 Å². The Labute approximate surface area is 121 Å². The normalized spacial score (nSPS) is 13.0. The van der Waals surface area contributed by atoms with Crippen molar-refractivity contribution in [2.45, 2.75) is 29.4 Å². The van der Waals surface area contributed by atoms with E-state index in [1.807, 2.05) is 0 Å². The zero-order chi connectivity index (χ0) is 15.5. The van der Waals surface area contributed by atoms with Crippen molar-refractivity contribution in [3.63, 3.8) is 0 Å². The molecule has 8 nitrogen and oxygen atoms in total. The summed E-state index contributed by atoms with van der Waals surface area (Å²) in [6.07, 6.45) is -0.359. The van der Waals surface area contributed by atoms with E-state index in [1.165, 1.54) is 24.3 Å². The van der Waals surface area contributed by atoms with Crippen LogP contribution in [0, 0.1) is 5.21 Å². The summed E-state index contributed by atoms with van der Waals surface area (Å²) in [5.74, 6) is -0.422. The van der Waals surface area contributed by atoms with Gasteiger partial charge in [-0.05, 0) is 24.0 Å². The molecule has 0 fully saturated rings. The number of rotatable bonds is 6. The molecular formula is C12H14N2O6S. The van der Waals surface area contributed by atoms with Crippen LogP contribution in [-0.2, 0) is 9.84 Å². The van der Waals surface area contributed by atoms with E-state index in [4.69, 9.17) is 9.84 Å². The predicted octanol–water partition coefficient (Wildman–Crippen LogP) is 0.290. The number of hydrogen-bond donors (Lipinski definition) is 1. The average Bonchev–Trinajstić information content (AvgIpc) is 2.81. The van der Waals surface area contributed by atoms with Gasteiger partial charge in [0.15, 0.2) is 0 Å². The van der Waals surface area contributed by atoms with Crippen molar-refractivity contribution in [3.8, 4) is 5.88 Å². The molecule has 2 rings (SSSR count). The van der Waals surface area contributed by atoms with Crippen LogP contribution in [-0.4, -0.2) is 31.4 Å². The Morgan fingerprint density at radius 2 is 2.10 bits per heavy atom. The lowest BCUT2D eigenvalue weighted by Gasteiger charge is -2.04. The molecule has 1 atom stereocenters. The average molecular weight is 314 g/mol. The zero-order valence-electron chi connectivity index (χ0n) is 11.2. The summed E-state index contributed by atoms with van der Waals surface area (Å²) in [5.41, 5.74) is 0. The van der Waals surface area contributed by atoms with Gasteiger partial charge >= 0.3 is 10.9 Å². The maximum Gasteiger partial charge on any atom is 0.414 e. The standard InChI is InChI=1S/C12H14N2O6S/c1-9(15)7-8-19-11-12(14(16)20-13-11)21(17,18)10-5-3-2-4-6-10/h2-6,9,15H,7-8H2,1H3. The Morgan fingerprint density at radius 3 is 2.71 bits per heavy atom. The van der Waals surface area contributed by atoms with Gasteiger partial charge in [-0.3, -0.25) is 4.63 Å². The highest BCUT2D eigenvalue weighted by molar-refractivity contribution is 7.91. The lowest BCUT2D eigenvalue weighted by molar-refractivity contribution is -0.832. The second kappa shape index (κ2) is 6.10. The monoisotopic (exact) mass is 314 g/mol. The number of aliphatic hydroxyl groups is 1. The van der Waals surface area contributed by atoms with Gasteiger partial charge in [0.2, 0.25) is 0 Å². The van der Waals surface area contributed by atoms with E-state index in [-0.39, 0.29) is 22.8 Å². The Balaban J connectivity index is 2.33. The SMILES string of the molecule is CC(O)CCOc1no[n+]([O-])c1S(=O)(=O)c1ccccc1. The molecule has 0 amide bonds. The molecule has 0 aliphatic rings. The van der Waals surface area contributed by atoms with Gasteiger partial charge in [0, 0.05) is 6.42 Å². The minimum Gasteiger partial charge on any atom is -0.454 e. The Hall–Kier alpha value is -2.13. The number of hydrogen-bond acceptors (Lipinski definition) is 7. The second-order valence-electron chi connectivity index (χ2n) is 4.34. The largest absolute Gasteiger partial charge is 0.454 e. The molecule has 0 aliphatic heterocycles. The summed E-state index contributed by atoms with van der Waals surface area (Å²) < 4.78 is 34.2. The van der Waals surface area contributed by atoms with Gasteiger partial charge < -0.3 is 15.1 Å². The van der Waals surface area contributed by atoms with Crippen LogP contribution in [0.3, 0.4) is 0 Å². The lowest BCUT2D eigenvalue weighted by Crippen LogP contribution is -2.31. The molecule has 0 spiro atoms. The van der Waals surface area contributed by atoms with Crippen LogP contribution in [0.4, 0.5) is 0 Å². The van der Waals surface area contributed by atoms with Crippen LogP contribution in [0.5, 0.6) is 5.88 Å². The van der Waals surface area contributed by atoms with Crippen molar-refractivity contribution in [1.29, 1.82) is 0 Å². The highest BCUT2D eigenvalue weighted by atomic mass is 32.2. The summed E-state index contributed by atoms with van der Waals surface area (Å²) in [5, 5.41) is 23.3. The third-order valence-corrected chi connectivity index (χ3v) is 4.35. The molecule has 0 bridgehead atoms. The highest BCUT2D eigenvalue weighted by Crippen LogP contribution is 2.24. The van der Waals surface area contributed by atoms with E-state index in [2.05, 4.69) is 9.79 Å². The van der Waals surface area contributed by atoms with Crippen LogP contribution in [0.1, 0.15) is 13.3 Å². The summed E-state index contributed by atoms with van der Waals surface area (Å²) in [4.78, 5) is -0.279. The topological polar surface area (TPSA) is 117 Å². The van der Waals surface area contributed by atoms with Gasteiger partial charge in [0.25, 0.3) is 9.84 Å². The number of benzene rings is 1. The van der Waals surface area contributed by atoms with Crippen LogP contribution in [0.25, 0.3) is 0 Å². The third-order valence-electron chi connectivity index (χ3n) is 2.63. The first-order chi connectivity index (χ1) is 9.93. The first-order valence-corrected chi connectivity index (χ1v) is 7.62. The fourth-order valence-corrected chi connectivity index (χ4v) is 2.86. The van der Waals surface area contributed by atoms with Crippen LogP contribution in [0.2, 0.25) is 0 Å². The minimum absolute atomic E-state index is 0.00150. The fraction of sp³-hybridized carbons (Fsp3) is 0.333. The number of ether oxygens (including phenoxy) is 1. The van der Waals surface area contributed by atoms with Gasteiger partial charge in [-0.15, -0.1) is 0 Å². The maximum atomic E-state index is 12.4. The molecule has 9 heteroatoms. The molecule has 0 saturated heterocycles. The highest BCUT2D eigenvalue weighted by Gasteiger charge is 2.35. The quantitative estimate of drug-likeness (QED) is 0.761. The fourth-order valence-electron chi connectivity index (χ4n) is 1.57. The van der Waals surface area contributed by atoms with E-state index in [0.717, 1.165) is 0 Å². The van der Waals surface area contributed by atoms with Gasteiger partial charge in [0.05, 0.1) is 22.8 Å². The first kappa shape index (κ1) is 15.3. The number of nitrogens with zero attached hydrogens (tertiary/aromatic N) is 2. The van der Waals surface area contributed by atoms with E-state index >= 15 is 0 Å². The van der Waals surface area contributed by atoms with Crippen molar-refractivity contribution < 1.29 is 27.8 Å². The lowest BCUT2D eigenvalue weighted by atomic mass is 10.3. The maximum absolute atomic E-state index is 12.4. The second-order valence-corrected chi connectivity index (χ2v) is 6.21. The van der Waals surface area contributed by atoms with E-state index in [1.54, 1.807) is 13.0 Å². The van der Waals surface area contributed by atoms with E-state index in [0.29, 0.717) is 0 Å². The first-order valence-electron chi connectivity index (χ1n) is 6.13. The molecule has 1 aromatic carbocycles. The summed E-state index contributed by atoms with van der Waals surface area (Å²) in [7, 11) is -4.10. The van der Waals surface area contributed by atoms with Crippen LogP contribution < -0.4 is 9.64 Å². The van der Waals surface area contributed by atoms with Crippen LogP contribution >= 0.6 is 0 Å². The molecule has 0 aliphatic carbocycles. The van der Waals surface area contributed by atoms with Crippen LogP contribution in [0.15, 0.2) is 44.9 Å². The van der Waals surface area contributed by atoms with Crippen molar-refractivity contribution in [3.05, 3.63) is 35.5 Å². The van der Waals surface area contributed by atoms with Crippen molar-refractivity contribution >= 4 is 9.84 Å². The minimum atomic E-state index is -4.10. The molecule has 2 aromatic rings. The van der Waals surface area contributed by atoms with E-state index in [9.17, 15) is 13.6 Å². The molecule has 0 radical (unpaired) electrons. The van der Waals surface area contributed by atoms with Crippen molar-refractivity contribution in [2.75, 3.05) is 6.61 Å². The summed E-state index contributed by atoms with van der Waals surface area (Å²) in [6, 6.07) is 7.41. The Kier molecular flexibility index (Phi) is 4.43.